The quantitative estimate of drug-likeness (QED) is 0.852. The van der Waals surface area contributed by atoms with Crippen LogP contribution in [0.3, 0.4) is 0 Å². The third-order valence-electron chi connectivity index (χ3n) is 4.01. The summed E-state index contributed by atoms with van der Waals surface area (Å²) in [6, 6.07) is 3.89. The molecule has 0 bridgehead atoms. The van der Waals surface area contributed by atoms with Crippen molar-refractivity contribution in [1.82, 2.24) is 5.32 Å². The smallest absolute Gasteiger partial charge is 0.331 e. The summed E-state index contributed by atoms with van der Waals surface area (Å²) in [5.74, 6) is -1.54. The molecule has 0 aliphatic rings. The Balaban J connectivity index is 2.21. The number of hydrogen-bond acceptors (Lipinski definition) is 4. The van der Waals surface area contributed by atoms with Crippen molar-refractivity contribution in [3.8, 4) is 0 Å². The molecule has 0 aliphatic carbocycles. The molecule has 0 radical (unpaired) electrons. The molecular weight excluding hydrogens is 298 g/mol. The first-order chi connectivity index (χ1) is 10.8. The van der Waals surface area contributed by atoms with Gasteiger partial charge in [0.15, 0.2) is 5.54 Å². The van der Waals surface area contributed by atoms with Crippen molar-refractivity contribution < 1.29 is 23.8 Å². The highest BCUT2D eigenvalue weighted by Crippen LogP contribution is 2.26. The Labute approximate surface area is 134 Å². The molecule has 1 unspecified atom stereocenters. The van der Waals surface area contributed by atoms with Gasteiger partial charge in [-0.3, -0.25) is 4.79 Å². The normalized spacial score (nSPS) is 13.7. The summed E-state index contributed by atoms with van der Waals surface area (Å²) >= 11 is 0. The van der Waals surface area contributed by atoms with Crippen LogP contribution in [0.25, 0.3) is 11.0 Å². The zero-order valence-electron chi connectivity index (χ0n) is 13.7. The molecule has 0 saturated heterocycles. The molecule has 124 valence electrons. The average molecular weight is 319 g/mol. The number of aryl methyl sites for hydroxylation is 2. The van der Waals surface area contributed by atoms with Gasteiger partial charge in [-0.1, -0.05) is 12.1 Å². The van der Waals surface area contributed by atoms with E-state index in [0.717, 1.165) is 27.7 Å². The summed E-state index contributed by atoms with van der Waals surface area (Å²) in [6.45, 7) is 5.26. The van der Waals surface area contributed by atoms with Crippen LogP contribution in [0.15, 0.2) is 22.8 Å². The third-order valence-corrected chi connectivity index (χ3v) is 4.01. The number of amides is 1. The lowest BCUT2D eigenvalue weighted by Crippen LogP contribution is -2.55. The highest BCUT2D eigenvalue weighted by molar-refractivity contribution is 5.92. The molecule has 6 nitrogen and oxygen atoms in total. The number of carbonyl (C=O) groups excluding carboxylic acids is 1. The second-order valence-electron chi connectivity index (χ2n) is 5.94. The van der Waals surface area contributed by atoms with Crippen LogP contribution in [-0.2, 0) is 20.7 Å². The maximum Gasteiger partial charge on any atom is 0.331 e. The molecule has 0 saturated carbocycles. The molecule has 1 heterocycles. The number of carboxylic acids is 1. The Hall–Kier alpha value is -2.34. The Morgan fingerprint density at radius 3 is 2.65 bits per heavy atom. The van der Waals surface area contributed by atoms with Gasteiger partial charge in [0.05, 0.1) is 19.3 Å². The molecule has 2 N–H and O–H groups in total. The van der Waals surface area contributed by atoms with Gasteiger partial charge in [-0.05, 0) is 31.9 Å². The van der Waals surface area contributed by atoms with Crippen molar-refractivity contribution in [3.63, 3.8) is 0 Å². The van der Waals surface area contributed by atoms with E-state index in [2.05, 4.69) is 5.32 Å². The number of benzene rings is 1. The number of furan rings is 1. The Morgan fingerprint density at radius 2 is 2.04 bits per heavy atom. The first kappa shape index (κ1) is 17.0. The lowest BCUT2D eigenvalue weighted by Gasteiger charge is -2.25. The predicted molar refractivity (Wildman–Crippen MR) is 85.5 cm³/mol. The van der Waals surface area contributed by atoms with Crippen LogP contribution in [0.4, 0.5) is 0 Å². The molecule has 1 aromatic heterocycles. The number of carboxylic acid groups (broad SMARTS) is 1. The highest BCUT2D eigenvalue weighted by atomic mass is 16.5. The van der Waals surface area contributed by atoms with E-state index in [9.17, 15) is 14.7 Å². The second kappa shape index (κ2) is 6.42. The molecule has 2 rings (SSSR count). The monoisotopic (exact) mass is 319 g/mol. The standard InChI is InChI=1S/C17H21NO5/c1-10-5-6-13-12(8-23-15(13)11(10)2)7-14(19)18-17(3,9-22-4)16(20)21/h5-6,8H,7,9H2,1-4H3,(H,18,19)(H,20,21). The largest absolute Gasteiger partial charge is 0.479 e. The summed E-state index contributed by atoms with van der Waals surface area (Å²) < 4.78 is 10.5. The van der Waals surface area contributed by atoms with E-state index in [1.165, 1.54) is 14.0 Å². The second-order valence-corrected chi connectivity index (χ2v) is 5.94. The minimum absolute atomic E-state index is 0.0437. The number of hydrogen-bond donors (Lipinski definition) is 2. The van der Waals surface area contributed by atoms with Crippen molar-refractivity contribution in [2.75, 3.05) is 13.7 Å². The van der Waals surface area contributed by atoms with E-state index in [1.807, 2.05) is 26.0 Å². The van der Waals surface area contributed by atoms with Gasteiger partial charge in [-0.2, -0.15) is 0 Å². The molecule has 1 atom stereocenters. The van der Waals surface area contributed by atoms with Gasteiger partial charge in [0.1, 0.15) is 5.58 Å². The number of ether oxygens (including phenoxy) is 1. The van der Waals surface area contributed by atoms with Crippen molar-refractivity contribution in [3.05, 3.63) is 35.1 Å². The first-order valence-corrected chi connectivity index (χ1v) is 7.28. The maximum absolute atomic E-state index is 12.2. The fourth-order valence-electron chi connectivity index (χ4n) is 2.49. The number of fused-ring (bicyclic) bond motifs is 1. The fraction of sp³-hybridized carbons (Fsp3) is 0.412. The molecule has 0 aliphatic heterocycles. The van der Waals surface area contributed by atoms with Crippen LogP contribution in [-0.4, -0.2) is 36.2 Å². The lowest BCUT2D eigenvalue weighted by atomic mass is 10.0. The zero-order chi connectivity index (χ0) is 17.2. The molecular formula is C17H21NO5. The van der Waals surface area contributed by atoms with Gasteiger partial charge < -0.3 is 19.6 Å². The van der Waals surface area contributed by atoms with E-state index in [4.69, 9.17) is 9.15 Å². The SMILES string of the molecule is COCC(C)(NC(=O)Cc1coc2c(C)c(C)ccc12)C(=O)O. The van der Waals surface area contributed by atoms with Crippen molar-refractivity contribution in [2.24, 2.45) is 0 Å². The van der Waals surface area contributed by atoms with Crippen LogP contribution >= 0.6 is 0 Å². The zero-order valence-corrected chi connectivity index (χ0v) is 13.7. The number of aliphatic carboxylic acids is 1. The molecule has 2 aromatic rings. The summed E-state index contributed by atoms with van der Waals surface area (Å²) in [5, 5.41) is 12.6. The molecule has 1 aromatic carbocycles. The number of nitrogens with one attached hydrogen (secondary N) is 1. The van der Waals surface area contributed by atoms with E-state index >= 15 is 0 Å². The maximum atomic E-state index is 12.2. The van der Waals surface area contributed by atoms with Crippen LogP contribution < -0.4 is 5.32 Å². The van der Waals surface area contributed by atoms with E-state index < -0.39 is 17.4 Å². The molecule has 1 amide bonds. The topological polar surface area (TPSA) is 88.8 Å². The molecule has 23 heavy (non-hydrogen) atoms. The summed E-state index contributed by atoms with van der Waals surface area (Å²) in [5.41, 5.74) is 2.17. The van der Waals surface area contributed by atoms with Crippen molar-refractivity contribution in [2.45, 2.75) is 32.7 Å². The first-order valence-electron chi connectivity index (χ1n) is 7.28. The summed E-state index contributed by atoms with van der Waals surface area (Å²) in [4.78, 5) is 23.6. The number of methoxy groups -OCH3 is 1. The van der Waals surface area contributed by atoms with Crippen LogP contribution in [0.5, 0.6) is 0 Å². The van der Waals surface area contributed by atoms with Crippen molar-refractivity contribution >= 4 is 22.8 Å². The predicted octanol–water partition coefficient (Wildman–Crippen LogP) is 2.20. The van der Waals surface area contributed by atoms with E-state index in [0.29, 0.717) is 0 Å². The van der Waals surface area contributed by atoms with Crippen molar-refractivity contribution in [1.29, 1.82) is 0 Å². The van der Waals surface area contributed by atoms with Gasteiger partial charge in [-0.15, -0.1) is 0 Å². The van der Waals surface area contributed by atoms with Gasteiger partial charge in [-0.25, -0.2) is 4.79 Å². The Morgan fingerprint density at radius 1 is 1.35 bits per heavy atom. The fourth-order valence-corrected chi connectivity index (χ4v) is 2.49. The number of carbonyl (C=O) groups is 2. The third kappa shape index (κ3) is 3.37. The van der Waals surface area contributed by atoms with Crippen LogP contribution in [0, 0.1) is 13.8 Å². The Kier molecular flexibility index (Phi) is 4.75. The molecule has 0 spiro atoms. The van der Waals surface area contributed by atoms with E-state index in [-0.39, 0.29) is 13.0 Å². The van der Waals surface area contributed by atoms with Gasteiger partial charge in [0, 0.05) is 18.1 Å². The van der Waals surface area contributed by atoms with Crippen LogP contribution in [0.1, 0.15) is 23.6 Å². The molecule has 0 fully saturated rings. The van der Waals surface area contributed by atoms with Gasteiger partial charge in [0.2, 0.25) is 5.91 Å². The minimum Gasteiger partial charge on any atom is -0.479 e. The van der Waals surface area contributed by atoms with E-state index in [1.54, 1.807) is 6.26 Å². The summed E-state index contributed by atoms with van der Waals surface area (Å²) in [7, 11) is 1.39. The lowest BCUT2D eigenvalue weighted by molar-refractivity contribution is -0.149. The van der Waals surface area contributed by atoms with Crippen LogP contribution in [0.2, 0.25) is 0 Å². The minimum atomic E-state index is -1.46. The highest BCUT2D eigenvalue weighted by Gasteiger charge is 2.35. The Bertz CT molecular complexity index is 749. The number of rotatable bonds is 6. The van der Waals surface area contributed by atoms with Gasteiger partial charge >= 0.3 is 5.97 Å². The molecule has 6 heteroatoms. The summed E-state index contributed by atoms with van der Waals surface area (Å²) in [6.07, 6.45) is 1.59. The average Bonchev–Trinajstić information content (AvgIpc) is 2.86. The van der Waals surface area contributed by atoms with Gasteiger partial charge in [0.25, 0.3) is 0 Å².